The molecule has 0 aliphatic heterocycles. The molecular weight excluding hydrogens is 214 g/mol. The van der Waals surface area contributed by atoms with E-state index in [-0.39, 0.29) is 24.7 Å². The topological polar surface area (TPSA) is 26.3 Å². The summed E-state index contributed by atoms with van der Waals surface area (Å²) >= 11 is 0. The highest BCUT2D eigenvalue weighted by Crippen LogP contribution is 2.24. The van der Waals surface area contributed by atoms with Crippen LogP contribution in [0.2, 0.25) is 0 Å². The molecule has 94 valence electrons. The molecular formula is C12H20F2O2. The second-order valence-electron chi connectivity index (χ2n) is 4.37. The Bertz CT molecular complexity index is 199. The first-order valence-electron chi connectivity index (χ1n) is 6.08. The molecule has 4 heteroatoms. The summed E-state index contributed by atoms with van der Waals surface area (Å²) in [6.07, 6.45) is 4.45. The minimum absolute atomic E-state index is 0.139. The first-order valence-corrected chi connectivity index (χ1v) is 6.08. The maximum Gasteiger partial charge on any atom is 0.261 e. The number of hydrogen-bond acceptors (Lipinski definition) is 2. The minimum Gasteiger partial charge on any atom is -0.375 e. The summed E-state index contributed by atoms with van der Waals surface area (Å²) in [5, 5.41) is 0. The van der Waals surface area contributed by atoms with Gasteiger partial charge in [0.05, 0.1) is 6.61 Å². The molecule has 0 N–H and O–H groups in total. The number of Topliss-reactive ketones (excluding diaryl/α,β-unsaturated/α-hetero) is 1. The normalized spacial score (nSPS) is 18.7. The molecule has 0 amide bonds. The smallest absolute Gasteiger partial charge is 0.261 e. The van der Waals surface area contributed by atoms with Crippen LogP contribution in [0.5, 0.6) is 0 Å². The van der Waals surface area contributed by atoms with Crippen molar-refractivity contribution in [2.75, 3.05) is 13.2 Å². The van der Waals surface area contributed by atoms with E-state index in [0.717, 1.165) is 25.7 Å². The standard InChI is InChI=1S/C12H20F2O2/c13-12(14)9-16-8-7-11(15)10-5-3-1-2-4-6-10/h10,12H,1-9H2. The van der Waals surface area contributed by atoms with Crippen molar-refractivity contribution in [2.45, 2.75) is 51.4 Å². The Morgan fingerprint density at radius 1 is 1.19 bits per heavy atom. The van der Waals surface area contributed by atoms with Crippen molar-refractivity contribution < 1.29 is 18.3 Å². The lowest BCUT2D eigenvalue weighted by Gasteiger charge is -2.12. The van der Waals surface area contributed by atoms with Crippen LogP contribution in [0.15, 0.2) is 0 Å². The van der Waals surface area contributed by atoms with E-state index >= 15 is 0 Å². The zero-order chi connectivity index (χ0) is 11.8. The van der Waals surface area contributed by atoms with E-state index in [1.165, 1.54) is 12.8 Å². The Labute approximate surface area is 95.4 Å². The van der Waals surface area contributed by atoms with Gasteiger partial charge in [-0.1, -0.05) is 25.7 Å². The van der Waals surface area contributed by atoms with Gasteiger partial charge < -0.3 is 4.74 Å². The van der Waals surface area contributed by atoms with Crippen molar-refractivity contribution in [3.8, 4) is 0 Å². The lowest BCUT2D eigenvalue weighted by Crippen LogP contribution is -2.17. The molecule has 0 spiro atoms. The van der Waals surface area contributed by atoms with E-state index in [1.54, 1.807) is 0 Å². The van der Waals surface area contributed by atoms with Crippen molar-refractivity contribution >= 4 is 5.78 Å². The van der Waals surface area contributed by atoms with Crippen LogP contribution in [0, 0.1) is 5.92 Å². The highest BCUT2D eigenvalue weighted by atomic mass is 19.3. The van der Waals surface area contributed by atoms with Gasteiger partial charge in [0.15, 0.2) is 0 Å². The molecule has 1 saturated carbocycles. The SMILES string of the molecule is O=C(CCOCC(F)F)C1CCCCCC1. The zero-order valence-electron chi connectivity index (χ0n) is 9.59. The van der Waals surface area contributed by atoms with E-state index in [9.17, 15) is 13.6 Å². The van der Waals surface area contributed by atoms with Gasteiger partial charge in [-0.15, -0.1) is 0 Å². The molecule has 0 aromatic heterocycles. The van der Waals surface area contributed by atoms with Crippen LogP contribution in [-0.2, 0) is 9.53 Å². The zero-order valence-corrected chi connectivity index (χ0v) is 9.59. The van der Waals surface area contributed by atoms with Gasteiger partial charge in [-0.3, -0.25) is 4.79 Å². The average molecular weight is 234 g/mol. The summed E-state index contributed by atoms with van der Waals surface area (Å²) in [4.78, 5) is 11.7. The lowest BCUT2D eigenvalue weighted by atomic mass is 9.94. The minimum atomic E-state index is -2.44. The van der Waals surface area contributed by atoms with Crippen molar-refractivity contribution in [1.29, 1.82) is 0 Å². The fourth-order valence-corrected chi connectivity index (χ4v) is 2.15. The second-order valence-corrected chi connectivity index (χ2v) is 4.37. The van der Waals surface area contributed by atoms with Gasteiger partial charge in [0, 0.05) is 12.3 Å². The molecule has 0 radical (unpaired) electrons. The molecule has 2 nitrogen and oxygen atoms in total. The van der Waals surface area contributed by atoms with Crippen LogP contribution in [0.25, 0.3) is 0 Å². The molecule has 1 aliphatic carbocycles. The van der Waals surface area contributed by atoms with Crippen LogP contribution in [0.1, 0.15) is 44.9 Å². The number of carbonyl (C=O) groups excluding carboxylic acids is 1. The van der Waals surface area contributed by atoms with Gasteiger partial charge in [-0.2, -0.15) is 0 Å². The Kier molecular flexibility index (Phi) is 6.53. The largest absolute Gasteiger partial charge is 0.375 e. The monoisotopic (exact) mass is 234 g/mol. The molecule has 1 aliphatic rings. The molecule has 0 aromatic rings. The quantitative estimate of drug-likeness (QED) is 0.521. The van der Waals surface area contributed by atoms with Gasteiger partial charge >= 0.3 is 0 Å². The summed E-state index contributed by atoms with van der Waals surface area (Å²) in [6.45, 7) is -0.419. The first-order chi connectivity index (χ1) is 7.70. The van der Waals surface area contributed by atoms with Crippen molar-refractivity contribution in [3.05, 3.63) is 0 Å². The summed E-state index contributed by atoms with van der Waals surface area (Å²) in [6, 6.07) is 0. The molecule has 1 rings (SSSR count). The fraction of sp³-hybridized carbons (Fsp3) is 0.917. The third kappa shape index (κ3) is 5.54. The molecule has 0 bridgehead atoms. The number of alkyl halides is 2. The van der Waals surface area contributed by atoms with E-state index < -0.39 is 13.0 Å². The van der Waals surface area contributed by atoms with Crippen LogP contribution < -0.4 is 0 Å². The lowest BCUT2D eigenvalue weighted by molar-refractivity contribution is -0.124. The summed E-state index contributed by atoms with van der Waals surface area (Å²) in [5.41, 5.74) is 0. The number of ether oxygens (including phenoxy) is 1. The summed E-state index contributed by atoms with van der Waals surface area (Å²) < 4.78 is 28.2. The van der Waals surface area contributed by atoms with E-state index in [1.807, 2.05) is 0 Å². The van der Waals surface area contributed by atoms with Crippen molar-refractivity contribution in [1.82, 2.24) is 0 Å². The maximum atomic E-state index is 11.8. The molecule has 0 saturated heterocycles. The average Bonchev–Trinajstić information content (AvgIpc) is 2.52. The van der Waals surface area contributed by atoms with Crippen molar-refractivity contribution in [2.24, 2.45) is 5.92 Å². The number of hydrogen-bond donors (Lipinski definition) is 0. The Morgan fingerprint density at radius 2 is 1.81 bits per heavy atom. The van der Waals surface area contributed by atoms with E-state index in [0.29, 0.717) is 0 Å². The Balaban J connectivity index is 2.13. The predicted molar refractivity (Wildman–Crippen MR) is 57.6 cm³/mol. The van der Waals surface area contributed by atoms with Gasteiger partial charge in [0.1, 0.15) is 12.4 Å². The third-order valence-electron chi connectivity index (χ3n) is 3.05. The van der Waals surface area contributed by atoms with Crippen molar-refractivity contribution in [3.63, 3.8) is 0 Å². The van der Waals surface area contributed by atoms with Crippen LogP contribution >= 0.6 is 0 Å². The van der Waals surface area contributed by atoms with E-state index in [4.69, 9.17) is 4.74 Å². The highest BCUT2D eigenvalue weighted by molar-refractivity contribution is 5.81. The van der Waals surface area contributed by atoms with Gasteiger partial charge in [-0.05, 0) is 12.8 Å². The van der Waals surface area contributed by atoms with E-state index in [2.05, 4.69) is 0 Å². The Morgan fingerprint density at radius 3 is 2.38 bits per heavy atom. The first kappa shape index (κ1) is 13.6. The summed E-state index contributed by atoms with van der Waals surface area (Å²) in [5.74, 6) is 0.341. The maximum absolute atomic E-state index is 11.8. The van der Waals surface area contributed by atoms with Crippen LogP contribution in [0.3, 0.4) is 0 Å². The van der Waals surface area contributed by atoms with Gasteiger partial charge in [-0.25, -0.2) is 8.78 Å². The number of carbonyl (C=O) groups is 1. The number of rotatable bonds is 6. The highest BCUT2D eigenvalue weighted by Gasteiger charge is 2.19. The molecule has 16 heavy (non-hydrogen) atoms. The van der Waals surface area contributed by atoms with Crippen LogP contribution in [-0.4, -0.2) is 25.4 Å². The molecule has 0 unspecified atom stereocenters. The fourth-order valence-electron chi connectivity index (χ4n) is 2.15. The molecule has 1 fully saturated rings. The molecule has 0 aromatic carbocycles. The Hall–Kier alpha value is -0.510. The number of halogens is 2. The van der Waals surface area contributed by atoms with Crippen LogP contribution in [0.4, 0.5) is 8.78 Å². The number of ketones is 1. The molecule has 0 atom stereocenters. The van der Waals surface area contributed by atoms with Gasteiger partial charge in [0.25, 0.3) is 6.43 Å². The predicted octanol–water partition coefficient (Wildman–Crippen LogP) is 3.20. The molecule has 0 heterocycles. The van der Waals surface area contributed by atoms with Gasteiger partial charge in [0.2, 0.25) is 0 Å². The second kappa shape index (κ2) is 7.71. The summed E-state index contributed by atoms with van der Waals surface area (Å²) in [7, 11) is 0. The third-order valence-corrected chi connectivity index (χ3v) is 3.05.